The first-order chi connectivity index (χ1) is 13.6. The lowest BCUT2D eigenvalue weighted by molar-refractivity contribution is -0.139. The molecule has 0 amide bonds. The molecule has 29 heavy (non-hydrogen) atoms. The van der Waals surface area contributed by atoms with Crippen molar-refractivity contribution >= 4 is 25.2 Å². The average molecular weight is 443 g/mol. The molecule has 1 aromatic rings. The Morgan fingerprint density at radius 2 is 1.69 bits per heavy atom. The molecule has 1 aliphatic heterocycles. The number of allylic oxidation sites excluding steroid dienone is 2. The predicted octanol–water partition coefficient (Wildman–Crippen LogP) is 6.18. The molecule has 1 aromatic carbocycles. The van der Waals surface area contributed by atoms with Crippen LogP contribution in [-0.4, -0.2) is 24.8 Å². The van der Waals surface area contributed by atoms with E-state index in [0.717, 1.165) is 5.56 Å². The van der Waals surface area contributed by atoms with Gasteiger partial charge in [0.1, 0.15) is 5.76 Å². The van der Waals surface area contributed by atoms with E-state index in [2.05, 4.69) is 0 Å². The van der Waals surface area contributed by atoms with Crippen LogP contribution in [0, 0.1) is 0 Å². The van der Waals surface area contributed by atoms with Crippen LogP contribution < -0.4 is 0 Å². The van der Waals surface area contributed by atoms with Crippen LogP contribution in [0.5, 0.6) is 0 Å². The molecule has 160 valence electrons. The lowest BCUT2D eigenvalue weighted by atomic mass is 9.89. The SMILES string of the molecule is CCOC(=O)C1=C(C)OC(P(=O)(OC(C)C)OC(C)C)=CC1c1ccc(Cl)cc1. The number of carbonyl (C=O) groups is 1. The summed E-state index contributed by atoms with van der Waals surface area (Å²) in [6.45, 7) is 10.7. The van der Waals surface area contributed by atoms with E-state index >= 15 is 0 Å². The van der Waals surface area contributed by atoms with Crippen molar-refractivity contribution in [3.63, 3.8) is 0 Å². The first kappa shape index (κ1) is 23.7. The number of esters is 1. The van der Waals surface area contributed by atoms with Crippen LogP contribution in [0.1, 0.15) is 53.0 Å². The molecule has 8 heteroatoms. The van der Waals surface area contributed by atoms with E-state index in [9.17, 15) is 9.36 Å². The summed E-state index contributed by atoms with van der Waals surface area (Å²) in [5.74, 6) is -0.750. The maximum Gasteiger partial charge on any atom is 0.396 e. The van der Waals surface area contributed by atoms with Crippen molar-refractivity contribution in [2.75, 3.05) is 6.61 Å². The second kappa shape index (κ2) is 9.94. The van der Waals surface area contributed by atoms with Gasteiger partial charge in [0.25, 0.3) is 0 Å². The molecule has 0 radical (unpaired) electrons. The van der Waals surface area contributed by atoms with E-state index in [1.165, 1.54) is 0 Å². The minimum atomic E-state index is -3.76. The highest BCUT2D eigenvalue weighted by Gasteiger charge is 2.41. The summed E-state index contributed by atoms with van der Waals surface area (Å²) in [5, 5.41) is 0.570. The van der Waals surface area contributed by atoms with E-state index in [0.29, 0.717) is 16.4 Å². The second-order valence-electron chi connectivity index (χ2n) is 7.13. The van der Waals surface area contributed by atoms with E-state index in [-0.39, 0.29) is 24.3 Å². The largest absolute Gasteiger partial charge is 0.463 e. The van der Waals surface area contributed by atoms with Gasteiger partial charge in [-0.3, -0.25) is 4.57 Å². The minimum absolute atomic E-state index is 0.0606. The summed E-state index contributed by atoms with van der Waals surface area (Å²) < 4.78 is 35.9. The third-order valence-corrected chi connectivity index (χ3v) is 6.38. The molecule has 0 bridgehead atoms. The van der Waals surface area contributed by atoms with E-state index in [1.807, 2.05) is 0 Å². The lowest BCUT2D eigenvalue weighted by Gasteiger charge is -2.30. The van der Waals surface area contributed by atoms with Gasteiger partial charge < -0.3 is 18.5 Å². The van der Waals surface area contributed by atoms with E-state index < -0.39 is 19.5 Å². The van der Waals surface area contributed by atoms with Crippen molar-refractivity contribution in [3.05, 3.63) is 57.8 Å². The quantitative estimate of drug-likeness (QED) is 0.354. The summed E-state index contributed by atoms with van der Waals surface area (Å²) in [5.41, 5.74) is 1.17. The highest BCUT2D eigenvalue weighted by atomic mass is 35.5. The molecule has 0 spiro atoms. The molecular formula is C21H28ClO6P. The molecule has 0 fully saturated rings. The third-order valence-electron chi connectivity index (χ3n) is 3.95. The molecule has 0 saturated carbocycles. The Labute approximate surface area is 177 Å². The number of benzene rings is 1. The number of carbonyl (C=O) groups excluding carboxylic acids is 1. The normalized spacial score (nSPS) is 17.4. The summed E-state index contributed by atoms with van der Waals surface area (Å²) in [6.07, 6.45) is 0.899. The zero-order chi connectivity index (χ0) is 21.8. The molecule has 0 aromatic heterocycles. The minimum Gasteiger partial charge on any atom is -0.463 e. The molecule has 0 saturated heterocycles. The molecule has 0 N–H and O–H groups in total. The van der Waals surface area contributed by atoms with Crippen LogP contribution in [0.25, 0.3) is 0 Å². The Bertz CT molecular complexity index is 827. The zero-order valence-corrected chi connectivity index (χ0v) is 19.3. The van der Waals surface area contributed by atoms with Gasteiger partial charge in [0, 0.05) is 10.9 Å². The predicted molar refractivity (Wildman–Crippen MR) is 113 cm³/mol. The maximum absolute atomic E-state index is 13.6. The Hall–Kier alpha value is -1.59. The van der Waals surface area contributed by atoms with Crippen LogP contribution >= 0.6 is 19.2 Å². The Morgan fingerprint density at radius 3 is 2.17 bits per heavy atom. The van der Waals surface area contributed by atoms with Gasteiger partial charge in [0.05, 0.1) is 24.4 Å². The van der Waals surface area contributed by atoms with Gasteiger partial charge in [0.2, 0.25) is 5.50 Å². The van der Waals surface area contributed by atoms with Gasteiger partial charge in [-0.25, -0.2) is 4.79 Å². The molecule has 6 nitrogen and oxygen atoms in total. The lowest BCUT2D eigenvalue weighted by Crippen LogP contribution is -2.21. The monoisotopic (exact) mass is 442 g/mol. The highest BCUT2D eigenvalue weighted by Crippen LogP contribution is 2.61. The number of hydrogen-bond acceptors (Lipinski definition) is 6. The van der Waals surface area contributed by atoms with Crippen LogP contribution in [0.4, 0.5) is 0 Å². The molecule has 1 atom stereocenters. The fourth-order valence-electron chi connectivity index (χ4n) is 2.93. The van der Waals surface area contributed by atoms with Crippen LogP contribution in [0.2, 0.25) is 5.02 Å². The van der Waals surface area contributed by atoms with Gasteiger partial charge >= 0.3 is 13.6 Å². The summed E-state index contributed by atoms with van der Waals surface area (Å²) in [7, 11) is -3.76. The molecule has 1 aliphatic rings. The van der Waals surface area contributed by atoms with Gasteiger partial charge in [0.15, 0.2) is 0 Å². The van der Waals surface area contributed by atoms with Crippen molar-refractivity contribution in [1.82, 2.24) is 0 Å². The molecule has 0 aliphatic carbocycles. The van der Waals surface area contributed by atoms with Crippen LogP contribution in [-0.2, 0) is 27.9 Å². The van der Waals surface area contributed by atoms with E-state index in [1.54, 1.807) is 71.9 Å². The number of hydrogen-bond donors (Lipinski definition) is 0. The first-order valence-corrected chi connectivity index (χ1v) is 11.5. The average Bonchev–Trinajstić information content (AvgIpc) is 2.60. The zero-order valence-electron chi connectivity index (χ0n) is 17.6. The second-order valence-corrected chi connectivity index (χ2v) is 9.43. The number of rotatable bonds is 8. The van der Waals surface area contributed by atoms with Gasteiger partial charge in [-0.05, 0) is 65.3 Å². The molecular weight excluding hydrogens is 415 g/mol. The molecule has 1 unspecified atom stereocenters. The summed E-state index contributed by atoms with van der Waals surface area (Å²) in [4.78, 5) is 12.6. The standard InChI is InChI=1S/C21H28ClO6P/c1-7-25-21(23)20-15(6)26-19(29(24,27-13(2)3)28-14(4)5)12-18(20)16-8-10-17(22)11-9-16/h8-14,18H,7H2,1-6H3. The van der Waals surface area contributed by atoms with Gasteiger partial charge in [-0.1, -0.05) is 23.7 Å². The smallest absolute Gasteiger partial charge is 0.396 e. The fourth-order valence-corrected chi connectivity index (χ4v) is 5.01. The van der Waals surface area contributed by atoms with Crippen molar-refractivity contribution in [3.8, 4) is 0 Å². The van der Waals surface area contributed by atoms with Crippen LogP contribution in [0.3, 0.4) is 0 Å². The number of halogens is 1. The van der Waals surface area contributed by atoms with E-state index in [4.69, 9.17) is 30.1 Å². The third kappa shape index (κ3) is 5.95. The molecule has 2 rings (SSSR count). The Kier molecular flexibility index (Phi) is 8.12. The summed E-state index contributed by atoms with van der Waals surface area (Å²) in [6, 6.07) is 7.06. The maximum atomic E-state index is 13.6. The summed E-state index contributed by atoms with van der Waals surface area (Å²) >= 11 is 6.02. The van der Waals surface area contributed by atoms with Crippen molar-refractivity contribution in [2.24, 2.45) is 0 Å². The first-order valence-electron chi connectivity index (χ1n) is 9.57. The van der Waals surface area contributed by atoms with Crippen molar-refractivity contribution in [1.29, 1.82) is 0 Å². The topological polar surface area (TPSA) is 71.1 Å². The Balaban J connectivity index is 2.58. The van der Waals surface area contributed by atoms with Crippen molar-refractivity contribution in [2.45, 2.75) is 59.7 Å². The highest BCUT2D eigenvalue weighted by molar-refractivity contribution is 7.58. The van der Waals surface area contributed by atoms with Crippen molar-refractivity contribution < 1.29 is 27.9 Å². The van der Waals surface area contributed by atoms with Gasteiger partial charge in [-0.15, -0.1) is 0 Å². The van der Waals surface area contributed by atoms with Gasteiger partial charge in [-0.2, -0.15) is 0 Å². The Morgan fingerprint density at radius 1 is 1.14 bits per heavy atom. The van der Waals surface area contributed by atoms with Crippen LogP contribution in [0.15, 0.2) is 47.2 Å². The number of ether oxygens (including phenoxy) is 2. The molecule has 1 heterocycles. The fraction of sp³-hybridized carbons (Fsp3) is 0.476.